The maximum atomic E-state index is 12.5. The Morgan fingerprint density at radius 1 is 1.08 bits per heavy atom. The molecule has 1 aromatic heterocycles. The maximum absolute atomic E-state index is 12.5. The van der Waals surface area contributed by atoms with Crippen molar-refractivity contribution in [2.45, 2.75) is 63.3 Å². The molecular formula is C17H24N4O3. The summed E-state index contributed by atoms with van der Waals surface area (Å²) in [5.41, 5.74) is 5.86. The van der Waals surface area contributed by atoms with Crippen molar-refractivity contribution in [1.82, 2.24) is 15.0 Å². The normalized spacial score (nSPS) is 29.3. The van der Waals surface area contributed by atoms with E-state index in [1.54, 1.807) is 0 Å². The molecule has 7 heteroatoms. The average Bonchev–Trinajstić information content (AvgIpc) is 3.29. The van der Waals surface area contributed by atoms with Gasteiger partial charge >= 0.3 is 0 Å². The van der Waals surface area contributed by atoms with E-state index in [0.717, 1.165) is 51.4 Å². The largest absolute Gasteiger partial charge is 0.339 e. The van der Waals surface area contributed by atoms with Gasteiger partial charge in [-0.3, -0.25) is 14.5 Å². The molecule has 130 valence electrons. The summed E-state index contributed by atoms with van der Waals surface area (Å²) in [6.07, 6.45) is 8.08. The Morgan fingerprint density at radius 2 is 1.71 bits per heavy atom. The minimum Gasteiger partial charge on any atom is -0.339 e. The second-order valence-electron chi connectivity index (χ2n) is 7.45. The van der Waals surface area contributed by atoms with Gasteiger partial charge in [0.05, 0.1) is 17.4 Å². The summed E-state index contributed by atoms with van der Waals surface area (Å²) in [5.74, 6) is 0.775. The van der Waals surface area contributed by atoms with Crippen molar-refractivity contribution in [3.63, 3.8) is 0 Å². The predicted octanol–water partition coefficient (Wildman–Crippen LogP) is 1.52. The Labute approximate surface area is 140 Å². The molecule has 2 heterocycles. The SMILES string of the molecule is NC1(c2noc(CCN3C(=O)C4CCCCC4C3=O)n2)CCCC1. The molecule has 0 aromatic carbocycles. The van der Waals surface area contributed by atoms with Gasteiger partial charge in [0.1, 0.15) is 0 Å². The fourth-order valence-corrected chi connectivity index (χ4v) is 4.45. The van der Waals surface area contributed by atoms with Crippen molar-refractivity contribution >= 4 is 11.8 Å². The van der Waals surface area contributed by atoms with Crippen LogP contribution in [-0.4, -0.2) is 33.4 Å². The molecule has 2 unspecified atom stereocenters. The molecule has 0 spiro atoms. The van der Waals surface area contributed by atoms with Crippen LogP contribution in [0.3, 0.4) is 0 Å². The van der Waals surface area contributed by atoms with Crippen LogP contribution in [0.2, 0.25) is 0 Å². The van der Waals surface area contributed by atoms with Crippen LogP contribution in [0.4, 0.5) is 0 Å². The summed E-state index contributed by atoms with van der Waals surface area (Å²) in [5, 5.41) is 4.03. The number of hydrogen-bond donors (Lipinski definition) is 1. The molecule has 1 aromatic rings. The van der Waals surface area contributed by atoms with Crippen LogP contribution in [0.5, 0.6) is 0 Å². The van der Waals surface area contributed by atoms with E-state index in [0.29, 0.717) is 24.7 Å². The summed E-state index contributed by atoms with van der Waals surface area (Å²) >= 11 is 0. The lowest BCUT2D eigenvalue weighted by molar-refractivity contribution is -0.139. The number of nitrogens with two attached hydrogens (primary N) is 1. The highest BCUT2D eigenvalue weighted by Crippen LogP contribution is 2.38. The van der Waals surface area contributed by atoms with Crippen molar-refractivity contribution in [3.05, 3.63) is 11.7 Å². The third kappa shape index (κ3) is 2.55. The monoisotopic (exact) mass is 332 g/mol. The Hall–Kier alpha value is -1.76. The summed E-state index contributed by atoms with van der Waals surface area (Å²) in [7, 11) is 0. The van der Waals surface area contributed by atoms with E-state index in [-0.39, 0.29) is 23.7 Å². The topological polar surface area (TPSA) is 102 Å². The van der Waals surface area contributed by atoms with Gasteiger partial charge in [0.25, 0.3) is 0 Å². The minimum absolute atomic E-state index is 0.0180. The number of likely N-dealkylation sites (tertiary alicyclic amines) is 1. The molecule has 0 bridgehead atoms. The Morgan fingerprint density at radius 3 is 2.33 bits per heavy atom. The number of fused-ring (bicyclic) bond motifs is 1. The predicted molar refractivity (Wildman–Crippen MR) is 84.5 cm³/mol. The van der Waals surface area contributed by atoms with Crippen molar-refractivity contribution in [2.24, 2.45) is 17.6 Å². The van der Waals surface area contributed by atoms with Gasteiger partial charge in [0.2, 0.25) is 17.7 Å². The lowest BCUT2D eigenvalue weighted by Gasteiger charge is -2.19. The highest BCUT2D eigenvalue weighted by Gasteiger charge is 2.47. The minimum atomic E-state index is -0.476. The molecule has 1 aliphatic heterocycles. The van der Waals surface area contributed by atoms with Crippen LogP contribution in [0, 0.1) is 11.8 Å². The second-order valence-corrected chi connectivity index (χ2v) is 7.45. The second kappa shape index (κ2) is 5.95. The van der Waals surface area contributed by atoms with Gasteiger partial charge in [-0.15, -0.1) is 0 Å². The first kappa shape index (κ1) is 15.7. The number of carbonyl (C=O) groups is 2. The molecule has 1 saturated heterocycles. The highest BCUT2D eigenvalue weighted by molar-refractivity contribution is 6.05. The van der Waals surface area contributed by atoms with Crippen LogP contribution in [-0.2, 0) is 21.5 Å². The van der Waals surface area contributed by atoms with Crippen LogP contribution < -0.4 is 5.73 Å². The fourth-order valence-electron chi connectivity index (χ4n) is 4.45. The quantitative estimate of drug-likeness (QED) is 0.839. The average molecular weight is 332 g/mol. The van der Waals surface area contributed by atoms with E-state index in [2.05, 4.69) is 10.1 Å². The highest BCUT2D eigenvalue weighted by atomic mass is 16.5. The number of aromatic nitrogens is 2. The Balaban J connectivity index is 1.41. The van der Waals surface area contributed by atoms with Gasteiger partial charge in [0.15, 0.2) is 5.82 Å². The van der Waals surface area contributed by atoms with E-state index in [1.165, 1.54) is 4.90 Å². The van der Waals surface area contributed by atoms with Crippen LogP contribution in [0.1, 0.15) is 63.1 Å². The number of hydrogen-bond acceptors (Lipinski definition) is 6. The van der Waals surface area contributed by atoms with Crippen LogP contribution in [0.25, 0.3) is 0 Å². The standard InChI is InChI=1S/C17H24N4O3/c18-17(8-3-4-9-17)16-19-13(24-20-16)7-10-21-14(22)11-5-1-2-6-12(11)15(21)23/h11-12H,1-10,18H2. The zero-order valence-electron chi connectivity index (χ0n) is 13.9. The molecule has 4 rings (SSSR count). The molecule has 3 fully saturated rings. The van der Waals surface area contributed by atoms with E-state index in [1.807, 2.05) is 0 Å². The lowest BCUT2D eigenvalue weighted by atomic mass is 9.81. The summed E-state index contributed by atoms with van der Waals surface area (Å²) < 4.78 is 5.30. The zero-order chi connectivity index (χ0) is 16.7. The number of nitrogens with zero attached hydrogens (tertiary/aromatic N) is 3. The van der Waals surface area contributed by atoms with E-state index >= 15 is 0 Å². The van der Waals surface area contributed by atoms with Gasteiger partial charge in [0, 0.05) is 13.0 Å². The Kier molecular flexibility index (Phi) is 3.90. The third-order valence-corrected chi connectivity index (χ3v) is 5.89. The Bertz CT molecular complexity index is 626. The first-order valence-corrected chi connectivity index (χ1v) is 9.06. The molecule has 2 saturated carbocycles. The number of carbonyl (C=O) groups excluding carboxylic acids is 2. The molecule has 7 nitrogen and oxygen atoms in total. The third-order valence-electron chi connectivity index (χ3n) is 5.89. The summed E-state index contributed by atoms with van der Waals surface area (Å²) in [6.45, 7) is 0.323. The number of imide groups is 1. The van der Waals surface area contributed by atoms with Gasteiger partial charge in [-0.2, -0.15) is 4.98 Å². The zero-order valence-corrected chi connectivity index (χ0v) is 13.9. The number of amides is 2. The van der Waals surface area contributed by atoms with Crippen molar-refractivity contribution in [3.8, 4) is 0 Å². The molecule has 0 radical (unpaired) electrons. The molecule has 2 aliphatic carbocycles. The van der Waals surface area contributed by atoms with Crippen molar-refractivity contribution in [2.75, 3.05) is 6.54 Å². The molecular weight excluding hydrogens is 308 g/mol. The van der Waals surface area contributed by atoms with Crippen molar-refractivity contribution < 1.29 is 14.1 Å². The number of rotatable bonds is 4. The molecule has 24 heavy (non-hydrogen) atoms. The lowest BCUT2D eigenvalue weighted by Crippen LogP contribution is -2.34. The molecule has 2 atom stereocenters. The van der Waals surface area contributed by atoms with Gasteiger partial charge in [-0.05, 0) is 25.7 Å². The van der Waals surface area contributed by atoms with E-state index in [4.69, 9.17) is 10.3 Å². The molecule has 2 amide bonds. The van der Waals surface area contributed by atoms with E-state index in [9.17, 15) is 9.59 Å². The van der Waals surface area contributed by atoms with Crippen molar-refractivity contribution in [1.29, 1.82) is 0 Å². The maximum Gasteiger partial charge on any atom is 0.233 e. The molecule has 3 aliphatic rings. The van der Waals surface area contributed by atoms with Gasteiger partial charge in [-0.25, -0.2) is 0 Å². The first-order valence-electron chi connectivity index (χ1n) is 9.06. The first-order chi connectivity index (χ1) is 11.6. The van der Waals surface area contributed by atoms with Gasteiger partial charge < -0.3 is 10.3 Å². The van der Waals surface area contributed by atoms with Gasteiger partial charge in [-0.1, -0.05) is 30.8 Å². The van der Waals surface area contributed by atoms with Crippen LogP contribution >= 0.6 is 0 Å². The van der Waals surface area contributed by atoms with Crippen LogP contribution in [0.15, 0.2) is 4.52 Å². The summed E-state index contributed by atoms with van der Waals surface area (Å²) in [6, 6.07) is 0. The fraction of sp³-hybridized carbons (Fsp3) is 0.765. The molecule has 2 N–H and O–H groups in total. The smallest absolute Gasteiger partial charge is 0.233 e. The van der Waals surface area contributed by atoms with E-state index < -0.39 is 5.54 Å². The summed E-state index contributed by atoms with van der Waals surface area (Å²) in [4.78, 5) is 30.7.